The van der Waals surface area contributed by atoms with Crippen LogP contribution in [-0.2, 0) is 14.8 Å². The van der Waals surface area contributed by atoms with Crippen LogP contribution in [0.4, 0.5) is 0 Å². The summed E-state index contributed by atoms with van der Waals surface area (Å²) in [5.74, 6) is 0.316. The molecule has 0 atom stereocenters. The number of rotatable bonds is 7. The van der Waals surface area contributed by atoms with Gasteiger partial charge in [-0.05, 0) is 12.1 Å². The molecular weight excluding hydrogens is 256 g/mol. The molecule has 0 aliphatic rings. The average molecular weight is 272 g/mol. The van der Waals surface area contributed by atoms with E-state index in [1.807, 2.05) is 18.2 Å². The molecule has 0 saturated heterocycles. The van der Waals surface area contributed by atoms with Gasteiger partial charge in [-0.3, -0.25) is 4.79 Å². The van der Waals surface area contributed by atoms with Crippen LogP contribution in [-0.4, -0.2) is 40.3 Å². The molecule has 0 unspecified atom stereocenters. The largest absolute Gasteiger partial charge is 0.484 e. The van der Waals surface area contributed by atoms with E-state index in [9.17, 15) is 13.2 Å². The minimum atomic E-state index is -3.21. The van der Waals surface area contributed by atoms with E-state index in [0.29, 0.717) is 5.75 Å². The summed E-state index contributed by atoms with van der Waals surface area (Å²) in [4.78, 5) is 11.3. The minimum Gasteiger partial charge on any atom is -0.484 e. The molecule has 1 aromatic rings. The molecule has 0 bridgehead atoms. The van der Waals surface area contributed by atoms with Crippen LogP contribution in [0.3, 0.4) is 0 Å². The normalized spacial score (nSPS) is 10.9. The molecule has 2 N–H and O–H groups in total. The molecule has 0 aromatic heterocycles. The van der Waals surface area contributed by atoms with Crippen molar-refractivity contribution in [1.82, 2.24) is 10.0 Å². The fraction of sp³-hybridized carbons (Fsp3) is 0.364. The molecule has 1 amide bonds. The number of benzene rings is 1. The maximum atomic E-state index is 11.3. The Morgan fingerprint density at radius 2 is 1.89 bits per heavy atom. The molecule has 0 aliphatic carbocycles. The van der Waals surface area contributed by atoms with Crippen molar-refractivity contribution in [1.29, 1.82) is 0 Å². The summed E-state index contributed by atoms with van der Waals surface area (Å²) < 4.78 is 29.0. The predicted octanol–water partition coefficient (Wildman–Crippen LogP) is -0.269. The van der Waals surface area contributed by atoms with Gasteiger partial charge in [0.25, 0.3) is 5.91 Å². The quantitative estimate of drug-likeness (QED) is 0.669. The first-order valence-corrected chi connectivity index (χ1v) is 7.26. The SMILES string of the molecule is CS(=O)(=O)NCCNC(=O)COc1ccccc1. The number of carbonyl (C=O) groups is 1. The number of sulfonamides is 1. The summed E-state index contributed by atoms with van der Waals surface area (Å²) in [6.45, 7) is 0.294. The predicted molar refractivity (Wildman–Crippen MR) is 67.8 cm³/mol. The lowest BCUT2D eigenvalue weighted by molar-refractivity contribution is -0.123. The number of para-hydroxylation sites is 1. The van der Waals surface area contributed by atoms with Gasteiger partial charge < -0.3 is 10.1 Å². The van der Waals surface area contributed by atoms with Crippen LogP contribution < -0.4 is 14.8 Å². The van der Waals surface area contributed by atoms with Crippen molar-refractivity contribution < 1.29 is 17.9 Å². The Balaban J connectivity index is 2.15. The highest BCUT2D eigenvalue weighted by molar-refractivity contribution is 7.88. The van der Waals surface area contributed by atoms with E-state index in [0.717, 1.165) is 6.26 Å². The third kappa shape index (κ3) is 6.87. The Hall–Kier alpha value is -1.60. The molecule has 1 aromatic carbocycles. The second-order valence-corrected chi connectivity index (χ2v) is 5.45. The van der Waals surface area contributed by atoms with Gasteiger partial charge in [0.05, 0.1) is 6.26 Å². The lowest BCUT2D eigenvalue weighted by atomic mass is 10.3. The summed E-state index contributed by atoms with van der Waals surface area (Å²) in [5.41, 5.74) is 0. The molecule has 0 spiro atoms. The Morgan fingerprint density at radius 3 is 2.50 bits per heavy atom. The monoisotopic (exact) mass is 272 g/mol. The smallest absolute Gasteiger partial charge is 0.257 e. The van der Waals surface area contributed by atoms with Crippen molar-refractivity contribution in [3.05, 3.63) is 30.3 Å². The highest BCUT2D eigenvalue weighted by atomic mass is 32.2. The lowest BCUT2D eigenvalue weighted by Crippen LogP contribution is -2.36. The standard InChI is InChI=1S/C11H16N2O4S/c1-18(15,16)13-8-7-12-11(14)9-17-10-5-3-2-4-6-10/h2-6,13H,7-9H2,1H3,(H,12,14). The van der Waals surface area contributed by atoms with Crippen molar-refractivity contribution in [2.45, 2.75) is 0 Å². The minimum absolute atomic E-state index is 0.0944. The fourth-order valence-electron chi connectivity index (χ4n) is 1.15. The first kappa shape index (κ1) is 14.5. The van der Waals surface area contributed by atoms with Crippen LogP contribution in [0.2, 0.25) is 0 Å². The Labute approximate surface area is 106 Å². The molecule has 1 rings (SSSR count). The van der Waals surface area contributed by atoms with E-state index in [1.165, 1.54) is 0 Å². The van der Waals surface area contributed by atoms with Crippen LogP contribution in [0.1, 0.15) is 0 Å². The van der Waals surface area contributed by atoms with E-state index in [2.05, 4.69) is 10.0 Å². The van der Waals surface area contributed by atoms with Gasteiger partial charge in [0.15, 0.2) is 6.61 Å². The first-order valence-electron chi connectivity index (χ1n) is 5.36. The van der Waals surface area contributed by atoms with Gasteiger partial charge in [-0.25, -0.2) is 13.1 Å². The van der Waals surface area contributed by atoms with Crippen molar-refractivity contribution in [3.8, 4) is 5.75 Å². The Bertz CT molecular complexity index is 473. The van der Waals surface area contributed by atoms with Crippen molar-refractivity contribution in [3.63, 3.8) is 0 Å². The molecule has 0 radical (unpaired) electrons. The summed E-state index contributed by atoms with van der Waals surface area (Å²) in [6.07, 6.45) is 1.06. The van der Waals surface area contributed by atoms with Crippen LogP contribution >= 0.6 is 0 Å². The fourth-order valence-corrected chi connectivity index (χ4v) is 1.63. The first-order chi connectivity index (χ1) is 8.47. The van der Waals surface area contributed by atoms with E-state index in [1.54, 1.807) is 12.1 Å². The van der Waals surface area contributed by atoms with Crippen LogP contribution in [0.5, 0.6) is 5.75 Å². The number of ether oxygens (including phenoxy) is 1. The zero-order chi connectivity index (χ0) is 13.4. The van der Waals surface area contributed by atoms with E-state index >= 15 is 0 Å². The lowest BCUT2D eigenvalue weighted by Gasteiger charge is -2.07. The Morgan fingerprint density at radius 1 is 1.22 bits per heavy atom. The number of hydrogen-bond donors (Lipinski definition) is 2. The average Bonchev–Trinajstić information content (AvgIpc) is 2.32. The summed E-state index contributed by atoms with van der Waals surface area (Å²) in [5, 5.41) is 2.53. The van der Waals surface area contributed by atoms with Crippen LogP contribution in [0, 0.1) is 0 Å². The maximum Gasteiger partial charge on any atom is 0.257 e. The zero-order valence-corrected chi connectivity index (χ0v) is 10.9. The van der Waals surface area contributed by atoms with Gasteiger partial charge in [-0.15, -0.1) is 0 Å². The van der Waals surface area contributed by atoms with Crippen molar-refractivity contribution in [2.75, 3.05) is 26.0 Å². The third-order valence-corrected chi connectivity index (χ3v) is 2.65. The number of hydrogen-bond acceptors (Lipinski definition) is 4. The van der Waals surface area contributed by atoms with Crippen molar-refractivity contribution >= 4 is 15.9 Å². The molecule has 18 heavy (non-hydrogen) atoms. The molecule has 6 nitrogen and oxygen atoms in total. The van der Waals surface area contributed by atoms with Gasteiger partial charge in [0.2, 0.25) is 10.0 Å². The molecule has 100 valence electrons. The van der Waals surface area contributed by atoms with Crippen LogP contribution in [0.25, 0.3) is 0 Å². The molecular formula is C11H16N2O4S. The van der Waals surface area contributed by atoms with E-state index in [-0.39, 0.29) is 25.6 Å². The third-order valence-electron chi connectivity index (χ3n) is 1.92. The van der Waals surface area contributed by atoms with Gasteiger partial charge in [-0.2, -0.15) is 0 Å². The van der Waals surface area contributed by atoms with Crippen LogP contribution in [0.15, 0.2) is 30.3 Å². The number of nitrogens with one attached hydrogen (secondary N) is 2. The van der Waals surface area contributed by atoms with Gasteiger partial charge in [-0.1, -0.05) is 18.2 Å². The molecule has 0 heterocycles. The topological polar surface area (TPSA) is 84.5 Å². The highest BCUT2D eigenvalue weighted by Crippen LogP contribution is 2.07. The molecule has 7 heteroatoms. The number of carbonyl (C=O) groups excluding carboxylic acids is 1. The highest BCUT2D eigenvalue weighted by Gasteiger charge is 2.03. The molecule has 0 fully saturated rings. The summed E-state index contributed by atoms with van der Waals surface area (Å²) in [7, 11) is -3.21. The van der Waals surface area contributed by atoms with E-state index < -0.39 is 10.0 Å². The van der Waals surface area contributed by atoms with Crippen molar-refractivity contribution in [2.24, 2.45) is 0 Å². The van der Waals surface area contributed by atoms with E-state index in [4.69, 9.17) is 4.74 Å². The second kappa shape index (κ2) is 6.97. The molecule has 0 saturated carbocycles. The maximum absolute atomic E-state index is 11.3. The Kier molecular flexibility index (Phi) is 5.60. The number of amides is 1. The van der Waals surface area contributed by atoms with Gasteiger partial charge in [0, 0.05) is 13.1 Å². The second-order valence-electron chi connectivity index (χ2n) is 3.62. The van der Waals surface area contributed by atoms with Gasteiger partial charge >= 0.3 is 0 Å². The summed E-state index contributed by atoms with van der Waals surface area (Å²) in [6, 6.07) is 8.97. The zero-order valence-electron chi connectivity index (χ0n) is 10.0. The summed E-state index contributed by atoms with van der Waals surface area (Å²) >= 11 is 0. The van der Waals surface area contributed by atoms with Gasteiger partial charge in [0.1, 0.15) is 5.75 Å². The molecule has 0 aliphatic heterocycles.